The SMILES string of the molecule is Cc1cc(N2CCN(CCN(C)C(=O)C(C)C)CC2)nc(C2CCC2)n1. The van der Waals surface area contributed by atoms with Gasteiger partial charge in [0.05, 0.1) is 0 Å². The van der Waals surface area contributed by atoms with Gasteiger partial charge >= 0.3 is 0 Å². The molecule has 3 rings (SSSR count). The summed E-state index contributed by atoms with van der Waals surface area (Å²) in [5.74, 6) is 3.00. The predicted octanol–water partition coefficient (Wildman–Crippen LogP) is 2.29. The van der Waals surface area contributed by atoms with Gasteiger partial charge in [0.1, 0.15) is 11.6 Å². The molecular weight excluding hydrogens is 326 g/mol. The molecule has 1 saturated heterocycles. The molecule has 1 aliphatic heterocycles. The predicted molar refractivity (Wildman–Crippen MR) is 104 cm³/mol. The summed E-state index contributed by atoms with van der Waals surface area (Å²) in [6.45, 7) is 11.7. The number of anilines is 1. The van der Waals surface area contributed by atoms with Crippen LogP contribution in [0.4, 0.5) is 5.82 Å². The van der Waals surface area contributed by atoms with Crippen LogP contribution in [-0.2, 0) is 4.79 Å². The van der Waals surface area contributed by atoms with Gasteiger partial charge in [0.2, 0.25) is 5.91 Å². The molecule has 1 saturated carbocycles. The summed E-state index contributed by atoms with van der Waals surface area (Å²) in [5, 5.41) is 0. The highest BCUT2D eigenvalue weighted by molar-refractivity contribution is 5.77. The molecule has 0 bridgehead atoms. The van der Waals surface area contributed by atoms with Gasteiger partial charge in [-0.2, -0.15) is 0 Å². The molecule has 2 fully saturated rings. The topological polar surface area (TPSA) is 52.6 Å². The van der Waals surface area contributed by atoms with E-state index in [1.807, 2.05) is 25.8 Å². The summed E-state index contributed by atoms with van der Waals surface area (Å²) in [6.07, 6.45) is 3.78. The van der Waals surface area contributed by atoms with E-state index in [1.54, 1.807) is 0 Å². The summed E-state index contributed by atoms with van der Waals surface area (Å²) < 4.78 is 0. The van der Waals surface area contributed by atoms with E-state index < -0.39 is 0 Å². The number of hydrogen-bond acceptors (Lipinski definition) is 5. The highest BCUT2D eigenvalue weighted by Gasteiger charge is 2.25. The second-order valence-electron chi connectivity index (χ2n) is 8.10. The largest absolute Gasteiger partial charge is 0.354 e. The minimum atomic E-state index is 0.0720. The molecule has 2 aliphatic rings. The van der Waals surface area contributed by atoms with Crippen molar-refractivity contribution in [3.05, 3.63) is 17.6 Å². The quantitative estimate of drug-likeness (QED) is 0.780. The Kier molecular flexibility index (Phi) is 6.12. The molecule has 0 radical (unpaired) electrons. The van der Waals surface area contributed by atoms with E-state index in [2.05, 4.69) is 27.8 Å². The molecule has 1 amide bonds. The molecule has 0 spiro atoms. The Morgan fingerprint density at radius 2 is 1.92 bits per heavy atom. The number of aryl methyl sites for hydroxylation is 1. The number of carbonyl (C=O) groups is 1. The zero-order valence-electron chi connectivity index (χ0n) is 16.7. The lowest BCUT2D eigenvalue weighted by Gasteiger charge is -2.36. The number of carbonyl (C=O) groups excluding carboxylic acids is 1. The van der Waals surface area contributed by atoms with Crippen LogP contribution in [0.2, 0.25) is 0 Å². The van der Waals surface area contributed by atoms with Crippen molar-refractivity contribution in [3.63, 3.8) is 0 Å². The molecule has 6 nitrogen and oxygen atoms in total. The third-order valence-electron chi connectivity index (χ3n) is 5.65. The standard InChI is InChI=1S/C20H33N5O/c1-15(2)20(26)23(4)8-9-24-10-12-25(13-11-24)18-14-16(3)21-19(22-18)17-6-5-7-17/h14-15,17H,5-13H2,1-4H3. The Balaban J connectivity index is 1.51. The van der Waals surface area contributed by atoms with E-state index in [4.69, 9.17) is 4.98 Å². The Morgan fingerprint density at radius 3 is 2.50 bits per heavy atom. The summed E-state index contributed by atoms with van der Waals surface area (Å²) in [6, 6.07) is 2.12. The smallest absolute Gasteiger partial charge is 0.224 e. The van der Waals surface area contributed by atoms with Crippen LogP contribution in [0.3, 0.4) is 0 Å². The van der Waals surface area contributed by atoms with Crippen LogP contribution in [0, 0.1) is 12.8 Å². The molecule has 1 aromatic rings. The van der Waals surface area contributed by atoms with Gasteiger partial charge in [-0.05, 0) is 19.8 Å². The first-order valence-corrected chi connectivity index (χ1v) is 10.0. The molecule has 26 heavy (non-hydrogen) atoms. The van der Waals surface area contributed by atoms with Crippen molar-refractivity contribution >= 4 is 11.7 Å². The number of likely N-dealkylation sites (N-methyl/N-ethyl adjacent to an activating group) is 1. The lowest BCUT2D eigenvalue weighted by atomic mass is 9.85. The Morgan fingerprint density at radius 1 is 1.23 bits per heavy atom. The monoisotopic (exact) mass is 359 g/mol. The molecule has 0 N–H and O–H groups in total. The van der Waals surface area contributed by atoms with Crippen LogP contribution in [0.1, 0.15) is 50.5 Å². The average molecular weight is 360 g/mol. The molecule has 1 aromatic heterocycles. The van der Waals surface area contributed by atoms with Gasteiger partial charge in [0, 0.05) is 69.9 Å². The summed E-state index contributed by atoms with van der Waals surface area (Å²) in [4.78, 5) is 28.2. The molecular formula is C20H33N5O. The minimum absolute atomic E-state index is 0.0720. The van der Waals surface area contributed by atoms with Gasteiger partial charge in [-0.15, -0.1) is 0 Å². The van der Waals surface area contributed by atoms with Crippen molar-refractivity contribution in [2.45, 2.75) is 46.0 Å². The van der Waals surface area contributed by atoms with Gasteiger partial charge < -0.3 is 9.80 Å². The van der Waals surface area contributed by atoms with E-state index in [0.29, 0.717) is 5.92 Å². The van der Waals surface area contributed by atoms with Crippen LogP contribution in [0.15, 0.2) is 6.07 Å². The summed E-state index contributed by atoms with van der Waals surface area (Å²) >= 11 is 0. The second-order valence-corrected chi connectivity index (χ2v) is 8.10. The zero-order valence-corrected chi connectivity index (χ0v) is 16.7. The fourth-order valence-corrected chi connectivity index (χ4v) is 3.63. The molecule has 0 atom stereocenters. The van der Waals surface area contributed by atoms with Crippen LogP contribution in [0.5, 0.6) is 0 Å². The van der Waals surface area contributed by atoms with Crippen molar-refractivity contribution in [2.75, 3.05) is 51.2 Å². The Hall–Kier alpha value is -1.69. The highest BCUT2D eigenvalue weighted by atomic mass is 16.2. The number of rotatable bonds is 6. The van der Waals surface area contributed by atoms with E-state index in [9.17, 15) is 4.79 Å². The van der Waals surface area contributed by atoms with Gasteiger partial charge in [-0.1, -0.05) is 20.3 Å². The molecule has 1 aliphatic carbocycles. The van der Waals surface area contributed by atoms with E-state index in [1.165, 1.54) is 19.3 Å². The van der Waals surface area contributed by atoms with Gasteiger partial charge in [-0.25, -0.2) is 9.97 Å². The lowest BCUT2D eigenvalue weighted by molar-refractivity contribution is -0.133. The van der Waals surface area contributed by atoms with Crippen LogP contribution in [-0.4, -0.2) is 72.0 Å². The van der Waals surface area contributed by atoms with Gasteiger partial charge in [0.25, 0.3) is 0 Å². The molecule has 144 valence electrons. The molecule has 6 heteroatoms. The van der Waals surface area contributed by atoms with Crippen molar-refractivity contribution < 1.29 is 4.79 Å². The Bertz CT molecular complexity index is 621. The molecule has 0 aromatic carbocycles. The van der Waals surface area contributed by atoms with E-state index in [-0.39, 0.29) is 11.8 Å². The van der Waals surface area contributed by atoms with Crippen LogP contribution >= 0.6 is 0 Å². The van der Waals surface area contributed by atoms with Crippen LogP contribution in [0.25, 0.3) is 0 Å². The number of hydrogen-bond donors (Lipinski definition) is 0. The number of aromatic nitrogens is 2. The maximum Gasteiger partial charge on any atom is 0.224 e. The number of piperazine rings is 1. The maximum absolute atomic E-state index is 12.0. The van der Waals surface area contributed by atoms with E-state index in [0.717, 1.165) is 56.6 Å². The van der Waals surface area contributed by atoms with Crippen molar-refractivity contribution in [1.82, 2.24) is 19.8 Å². The minimum Gasteiger partial charge on any atom is -0.354 e. The third-order valence-corrected chi connectivity index (χ3v) is 5.65. The first-order chi connectivity index (χ1) is 12.4. The van der Waals surface area contributed by atoms with Crippen molar-refractivity contribution in [3.8, 4) is 0 Å². The average Bonchev–Trinajstić information content (AvgIpc) is 2.57. The van der Waals surface area contributed by atoms with Crippen molar-refractivity contribution in [2.24, 2.45) is 5.92 Å². The zero-order chi connectivity index (χ0) is 18.7. The highest BCUT2D eigenvalue weighted by Crippen LogP contribution is 2.35. The van der Waals surface area contributed by atoms with Crippen molar-refractivity contribution in [1.29, 1.82) is 0 Å². The molecule has 0 unspecified atom stereocenters. The van der Waals surface area contributed by atoms with Gasteiger partial charge in [-0.3, -0.25) is 9.69 Å². The van der Waals surface area contributed by atoms with Crippen LogP contribution < -0.4 is 4.90 Å². The number of nitrogens with zero attached hydrogens (tertiary/aromatic N) is 5. The number of amides is 1. The summed E-state index contributed by atoms with van der Waals surface area (Å²) in [5.41, 5.74) is 1.08. The second kappa shape index (κ2) is 8.33. The van der Waals surface area contributed by atoms with Gasteiger partial charge in [0.15, 0.2) is 0 Å². The molecule has 2 heterocycles. The first-order valence-electron chi connectivity index (χ1n) is 10.0. The first kappa shape index (κ1) is 19.1. The lowest BCUT2D eigenvalue weighted by Crippen LogP contribution is -2.49. The normalized spacial score (nSPS) is 18.9. The van der Waals surface area contributed by atoms with E-state index >= 15 is 0 Å². The fourth-order valence-electron chi connectivity index (χ4n) is 3.63. The fraction of sp³-hybridized carbons (Fsp3) is 0.750. The maximum atomic E-state index is 12.0. The summed E-state index contributed by atoms with van der Waals surface area (Å²) in [7, 11) is 1.91. The Labute approximate surface area is 157 Å². The third kappa shape index (κ3) is 4.53.